The summed E-state index contributed by atoms with van der Waals surface area (Å²) in [6, 6.07) is 10.2. The highest BCUT2D eigenvalue weighted by Crippen LogP contribution is 2.26. The zero-order chi connectivity index (χ0) is 22.8. The van der Waals surface area contributed by atoms with E-state index in [2.05, 4.69) is 9.97 Å². The van der Waals surface area contributed by atoms with E-state index in [9.17, 15) is 9.59 Å². The number of ether oxygens (including phenoxy) is 1. The van der Waals surface area contributed by atoms with Gasteiger partial charge in [0.2, 0.25) is 0 Å². The second-order valence-corrected chi connectivity index (χ2v) is 7.60. The molecule has 3 heterocycles. The van der Waals surface area contributed by atoms with Crippen molar-refractivity contribution < 1.29 is 9.84 Å². The Bertz CT molecular complexity index is 1370. The molecule has 3 N–H and O–H groups in total. The van der Waals surface area contributed by atoms with Crippen LogP contribution in [0.2, 0.25) is 5.02 Å². The van der Waals surface area contributed by atoms with Gasteiger partial charge in [0.25, 0.3) is 5.56 Å². The third kappa shape index (κ3) is 4.10. The molecule has 166 valence electrons. The highest BCUT2D eigenvalue weighted by molar-refractivity contribution is 6.30. The van der Waals surface area contributed by atoms with Crippen LogP contribution in [0.3, 0.4) is 0 Å². The second-order valence-electron chi connectivity index (χ2n) is 7.17. The van der Waals surface area contributed by atoms with Gasteiger partial charge in [0.1, 0.15) is 5.75 Å². The fourth-order valence-corrected chi connectivity index (χ4v) is 3.43. The molecule has 0 amide bonds. The number of nitrogen functional groups attached to an aromatic ring is 1. The second kappa shape index (κ2) is 8.85. The van der Waals surface area contributed by atoms with Crippen LogP contribution in [-0.2, 0) is 20.1 Å². The van der Waals surface area contributed by atoms with Gasteiger partial charge in [-0.15, -0.1) is 0 Å². The zero-order valence-electron chi connectivity index (χ0n) is 17.2. The molecule has 0 saturated heterocycles. The molecule has 0 aliphatic carbocycles. The molecule has 0 bridgehead atoms. The molecule has 3 aromatic heterocycles. The summed E-state index contributed by atoms with van der Waals surface area (Å²) in [7, 11) is 1.53. The highest BCUT2D eigenvalue weighted by Gasteiger charge is 2.22. The number of aryl methyl sites for hydroxylation is 1. The number of anilines is 1. The Balaban J connectivity index is 1.92. The van der Waals surface area contributed by atoms with E-state index < -0.39 is 11.2 Å². The van der Waals surface area contributed by atoms with Crippen LogP contribution in [0, 0.1) is 0 Å². The maximum absolute atomic E-state index is 13.3. The van der Waals surface area contributed by atoms with Crippen LogP contribution in [-0.4, -0.2) is 35.4 Å². The fraction of sp³-hybridized carbons (Fsp3) is 0.238. The number of nitrogens with two attached hydrogens (primary N) is 1. The molecule has 0 spiro atoms. The quantitative estimate of drug-likeness (QED) is 0.433. The van der Waals surface area contributed by atoms with Crippen LogP contribution < -0.4 is 21.7 Å². The van der Waals surface area contributed by atoms with Gasteiger partial charge < -0.3 is 15.6 Å². The van der Waals surface area contributed by atoms with E-state index in [1.165, 1.54) is 17.8 Å². The third-order valence-electron chi connectivity index (χ3n) is 4.93. The van der Waals surface area contributed by atoms with Gasteiger partial charge in [-0.1, -0.05) is 11.6 Å². The lowest BCUT2D eigenvalue weighted by molar-refractivity contribution is 0.277. The molecule has 1 aromatic carbocycles. The molecule has 4 aromatic rings. The van der Waals surface area contributed by atoms with Gasteiger partial charge >= 0.3 is 11.7 Å². The SMILES string of the molecule is Cn1c(=O)n(CCCO)c(=O)c2c1nc(Oc1ccc(Cl)cc1)n2Cc1ccc(N)cn1. The summed E-state index contributed by atoms with van der Waals surface area (Å²) in [6.07, 6.45) is 1.78. The molecule has 0 saturated carbocycles. The molecule has 0 atom stereocenters. The van der Waals surface area contributed by atoms with Gasteiger partial charge in [-0.05, 0) is 42.8 Å². The lowest BCUT2D eigenvalue weighted by Gasteiger charge is -2.11. The first-order chi connectivity index (χ1) is 15.4. The van der Waals surface area contributed by atoms with Crippen molar-refractivity contribution in [2.75, 3.05) is 12.3 Å². The highest BCUT2D eigenvalue weighted by atomic mass is 35.5. The first-order valence-electron chi connectivity index (χ1n) is 9.83. The molecule has 10 nitrogen and oxygen atoms in total. The maximum atomic E-state index is 13.3. The summed E-state index contributed by atoms with van der Waals surface area (Å²) in [4.78, 5) is 34.8. The lowest BCUT2D eigenvalue weighted by atomic mass is 10.3. The van der Waals surface area contributed by atoms with Crippen molar-refractivity contribution in [2.24, 2.45) is 7.05 Å². The van der Waals surface area contributed by atoms with Gasteiger partial charge in [0.05, 0.1) is 24.1 Å². The topological polar surface area (TPSA) is 130 Å². The summed E-state index contributed by atoms with van der Waals surface area (Å²) in [6.45, 7) is 0.0942. The van der Waals surface area contributed by atoms with E-state index in [-0.39, 0.29) is 43.3 Å². The maximum Gasteiger partial charge on any atom is 0.332 e. The average Bonchev–Trinajstić information content (AvgIpc) is 3.13. The minimum atomic E-state index is -0.524. The number of halogens is 1. The Kier molecular flexibility index (Phi) is 5.97. The summed E-state index contributed by atoms with van der Waals surface area (Å²) < 4.78 is 9.89. The van der Waals surface area contributed by atoms with Gasteiger partial charge in [-0.3, -0.25) is 23.5 Å². The molecule has 4 rings (SSSR count). The van der Waals surface area contributed by atoms with Crippen LogP contribution in [0.4, 0.5) is 5.69 Å². The largest absolute Gasteiger partial charge is 0.425 e. The molecule has 11 heteroatoms. The first-order valence-corrected chi connectivity index (χ1v) is 10.2. The van der Waals surface area contributed by atoms with Crippen LogP contribution in [0.25, 0.3) is 11.2 Å². The number of imidazole rings is 1. The number of hydrogen-bond acceptors (Lipinski definition) is 7. The van der Waals surface area contributed by atoms with Crippen LogP contribution in [0.1, 0.15) is 12.1 Å². The third-order valence-corrected chi connectivity index (χ3v) is 5.18. The number of nitrogens with zero attached hydrogens (tertiary/aromatic N) is 5. The van der Waals surface area contributed by atoms with Gasteiger partial charge in [0.15, 0.2) is 11.2 Å². The van der Waals surface area contributed by atoms with Crippen molar-refractivity contribution in [1.82, 2.24) is 23.7 Å². The van der Waals surface area contributed by atoms with E-state index in [1.54, 1.807) is 41.0 Å². The predicted octanol–water partition coefficient (Wildman–Crippen LogP) is 1.75. The lowest BCUT2D eigenvalue weighted by Crippen LogP contribution is -2.39. The molecule has 0 aliphatic heterocycles. The van der Waals surface area contributed by atoms with Crippen molar-refractivity contribution in [3.63, 3.8) is 0 Å². The van der Waals surface area contributed by atoms with Crippen molar-refractivity contribution in [3.8, 4) is 11.8 Å². The van der Waals surface area contributed by atoms with E-state index >= 15 is 0 Å². The van der Waals surface area contributed by atoms with E-state index in [0.717, 1.165) is 4.57 Å². The Morgan fingerprint density at radius 3 is 2.53 bits per heavy atom. The van der Waals surface area contributed by atoms with Gasteiger partial charge in [-0.25, -0.2) is 4.79 Å². The molecule has 0 aliphatic rings. The number of aromatic nitrogens is 5. The Morgan fingerprint density at radius 2 is 1.88 bits per heavy atom. The van der Waals surface area contributed by atoms with Crippen LogP contribution >= 0.6 is 11.6 Å². The van der Waals surface area contributed by atoms with Crippen molar-refractivity contribution in [3.05, 3.63) is 74.1 Å². The summed E-state index contributed by atoms with van der Waals surface area (Å²) in [5.41, 5.74) is 6.18. The number of hydrogen-bond donors (Lipinski definition) is 2. The Hall–Kier alpha value is -3.63. The minimum absolute atomic E-state index is 0.0800. The Morgan fingerprint density at radius 1 is 1.12 bits per heavy atom. The van der Waals surface area contributed by atoms with Crippen LogP contribution in [0.15, 0.2) is 52.2 Å². The Labute approximate surface area is 187 Å². The van der Waals surface area contributed by atoms with Gasteiger partial charge in [-0.2, -0.15) is 4.98 Å². The smallest absolute Gasteiger partial charge is 0.332 e. The van der Waals surface area contributed by atoms with Gasteiger partial charge in [0, 0.05) is 25.2 Å². The first kappa shape index (κ1) is 21.6. The molecular formula is C21H21ClN6O4. The zero-order valence-corrected chi connectivity index (χ0v) is 18.0. The molecular weight excluding hydrogens is 436 g/mol. The normalized spacial score (nSPS) is 11.2. The number of aliphatic hydroxyl groups excluding tert-OH is 1. The number of pyridine rings is 1. The molecule has 0 radical (unpaired) electrons. The van der Waals surface area contributed by atoms with E-state index in [0.29, 0.717) is 22.2 Å². The molecule has 0 unspecified atom stereocenters. The summed E-state index contributed by atoms with van der Waals surface area (Å²) in [5, 5.41) is 9.71. The monoisotopic (exact) mass is 456 g/mol. The number of fused-ring (bicyclic) bond motifs is 1. The van der Waals surface area contributed by atoms with Crippen LogP contribution in [0.5, 0.6) is 11.8 Å². The number of rotatable bonds is 7. The number of aliphatic hydroxyl groups is 1. The van der Waals surface area contributed by atoms with Crippen molar-refractivity contribution in [2.45, 2.75) is 19.5 Å². The summed E-state index contributed by atoms with van der Waals surface area (Å²) >= 11 is 5.95. The summed E-state index contributed by atoms with van der Waals surface area (Å²) in [5.74, 6) is 0.460. The van der Waals surface area contributed by atoms with E-state index in [4.69, 9.17) is 27.2 Å². The fourth-order valence-electron chi connectivity index (χ4n) is 3.30. The average molecular weight is 457 g/mol. The molecule has 0 fully saturated rings. The van der Waals surface area contributed by atoms with E-state index in [1.807, 2.05) is 0 Å². The van der Waals surface area contributed by atoms with Crippen molar-refractivity contribution in [1.29, 1.82) is 0 Å². The molecule has 32 heavy (non-hydrogen) atoms. The standard InChI is InChI=1S/C21H21ClN6O4/c1-26-18-17(19(30)27(21(26)31)9-2-10-29)28(12-15-6-5-14(23)11-24-15)20(25-18)32-16-7-3-13(22)4-8-16/h3-8,11,29H,2,9-10,12,23H2,1H3. The number of benzene rings is 1. The van der Waals surface area contributed by atoms with Crippen molar-refractivity contribution >= 4 is 28.5 Å². The predicted molar refractivity (Wildman–Crippen MR) is 120 cm³/mol. The minimum Gasteiger partial charge on any atom is -0.425 e.